The van der Waals surface area contributed by atoms with Crippen LogP contribution in [0.15, 0.2) is 48.5 Å². The molecule has 0 aliphatic carbocycles. The number of nitrogens with one attached hydrogen (secondary N) is 1. The quantitative estimate of drug-likeness (QED) is 0.813. The van der Waals surface area contributed by atoms with Gasteiger partial charge in [-0.25, -0.2) is 4.39 Å². The Morgan fingerprint density at radius 2 is 1.97 bits per heavy atom. The lowest BCUT2D eigenvalue weighted by Crippen LogP contribution is -2.50. The molecule has 3 N–H and O–H groups in total. The summed E-state index contributed by atoms with van der Waals surface area (Å²) < 4.78 is 19.4. The second kappa shape index (κ2) is 9.03. The number of rotatable bonds is 5. The summed E-state index contributed by atoms with van der Waals surface area (Å²) in [6.07, 6.45) is 1.96. The number of nitrogens with zero attached hydrogens (tertiary/aromatic N) is 1. The zero-order chi connectivity index (χ0) is 20.2. The minimum absolute atomic E-state index is 0.0195. The van der Waals surface area contributed by atoms with Crippen LogP contribution in [-0.4, -0.2) is 49.2 Å². The fraction of sp³-hybridized carbons (Fsp3) is 0.435. The molecule has 1 amide bonds. The average molecular weight is 397 g/mol. The van der Waals surface area contributed by atoms with E-state index in [1.807, 2.05) is 17.0 Å². The standard InChI is InChI=1S/C23H28FN3O2/c24-18-7-5-17(6-8-18)22-20-4-2-1-3-16(20)11-14-27(22)23(28)21-10-9-19(15-29-21)26-13-12-25/h1-8,19,21-22,26H,9-15,25H2/t19?,21-,22+/m1/s1. The fourth-order valence-corrected chi connectivity index (χ4v) is 4.39. The van der Waals surface area contributed by atoms with Gasteiger partial charge in [0, 0.05) is 25.7 Å². The van der Waals surface area contributed by atoms with Gasteiger partial charge in [0.05, 0.1) is 12.6 Å². The molecule has 1 unspecified atom stereocenters. The van der Waals surface area contributed by atoms with Crippen LogP contribution in [0.25, 0.3) is 0 Å². The van der Waals surface area contributed by atoms with Crippen molar-refractivity contribution in [3.05, 3.63) is 71.0 Å². The van der Waals surface area contributed by atoms with Gasteiger partial charge >= 0.3 is 0 Å². The molecule has 0 bridgehead atoms. The number of nitrogens with two attached hydrogens (primary N) is 1. The molecule has 154 valence electrons. The Morgan fingerprint density at radius 3 is 2.69 bits per heavy atom. The van der Waals surface area contributed by atoms with Crippen molar-refractivity contribution >= 4 is 5.91 Å². The van der Waals surface area contributed by atoms with Crippen LogP contribution in [0.4, 0.5) is 4.39 Å². The molecule has 2 aliphatic rings. The van der Waals surface area contributed by atoms with Crippen molar-refractivity contribution in [2.75, 3.05) is 26.2 Å². The Labute approximate surface area is 171 Å². The molecule has 2 heterocycles. The first-order valence-electron chi connectivity index (χ1n) is 10.4. The van der Waals surface area contributed by atoms with Gasteiger partial charge < -0.3 is 20.7 Å². The highest BCUT2D eigenvalue weighted by molar-refractivity contribution is 5.82. The second-order valence-corrected chi connectivity index (χ2v) is 7.77. The van der Waals surface area contributed by atoms with E-state index in [9.17, 15) is 9.18 Å². The van der Waals surface area contributed by atoms with Gasteiger partial charge in [-0.15, -0.1) is 0 Å². The van der Waals surface area contributed by atoms with Gasteiger partial charge in [-0.05, 0) is 48.1 Å². The molecule has 1 fully saturated rings. The van der Waals surface area contributed by atoms with Crippen molar-refractivity contribution in [1.29, 1.82) is 0 Å². The van der Waals surface area contributed by atoms with E-state index in [0.717, 1.165) is 30.5 Å². The predicted octanol–water partition coefficient (Wildman–Crippen LogP) is 2.40. The van der Waals surface area contributed by atoms with Gasteiger partial charge in [0.2, 0.25) is 0 Å². The lowest BCUT2D eigenvalue weighted by Gasteiger charge is -2.40. The maximum absolute atomic E-state index is 13.5. The number of carbonyl (C=O) groups is 1. The molecule has 2 aromatic carbocycles. The van der Waals surface area contributed by atoms with Gasteiger partial charge in [0.25, 0.3) is 5.91 Å². The summed E-state index contributed by atoms with van der Waals surface area (Å²) in [6, 6.07) is 14.7. The smallest absolute Gasteiger partial charge is 0.252 e. The van der Waals surface area contributed by atoms with Crippen LogP contribution < -0.4 is 11.1 Å². The van der Waals surface area contributed by atoms with Crippen molar-refractivity contribution in [3.63, 3.8) is 0 Å². The van der Waals surface area contributed by atoms with Crippen molar-refractivity contribution in [1.82, 2.24) is 10.2 Å². The second-order valence-electron chi connectivity index (χ2n) is 7.77. The van der Waals surface area contributed by atoms with E-state index in [2.05, 4.69) is 17.4 Å². The first kappa shape index (κ1) is 20.0. The number of ether oxygens (including phenoxy) is 1. The molecular formula is C23H28FN3O2. The van der Waals surface area contributed by atoms with E-state index >= 15 is 0 Å². The highest BCUT2D eigenvalue weighted by Crippen LogP contribution is 2.36. The molecule has 0 spiro atoms. The molecule has 2 aromatic rings. The van der Waals surface area contributed by atoms with Crippen LogP contribution in [-0.2, 0) is 16.0 Å². The molecule has 1 saturated heterocycles. The first-order valence-corrected chi connectivity index (χ1v) is 10.4. The molecule has 0 radical (unpaired) electrons. The number of hydrogen-bond donors (Lipinski definition) is 2. The Morgan fingerprint density at radius 1 is 1.17 bits per heavy atom. The number of benzene rings is 2. The third-order valence-corrected chi connectivity index (χ3v) is 5.88. The van der Waals surface area contributed by atoms with Crippen LogP contribution in [0.3, 0.4) is 0 Å². The van der Waals surface area contributed by atoms with E-state index in [-0.39, 0.29) is 23.8 Å². The number of amides is 1. The summed E-state index contributed by atoms with van der Waals surface area (Å²) >= 11 is 0. The average Bonchev–Trinajstić information content (AvgIpc) is 2.77. The molecular weight excluding hydrogens is 369 g/mol. The zero-order valence-electron chi connectivity index (χ0n) is 16.5. The monoisotopic (exact) mass is 397 g/mol. The summed E-state index contributed by atoms with van der Waals surface area (Å²) in [7, 11) is 0. The van der Waals surface area contributed by atoms with E-state index in [1.54, 1.807) is 12.1 Å². The van der Waals surface area contributed by atoms with Crippen molar-refractivity contribution in [3.8, 4) is 0 Å². The van der Waals surface area contributed by atoms with Crippen LogP contribution in [0, 0.1) is 5.82 Å². The van der Waals surface area contributed by atoms with E-state index in [1.165, 1.54) is 17.7 Å². The lowest BCUT2D eigenvalue weighted by molar-refractivity contribution is -0.149. The zero-order valence-corrected chi connectivity index (χ0v) is 16.5. The largest absolute Gasteiger partial charge is 0.367 e. The topological polar surface area (TPSA) is 67.6 Å². The highest BCUT2D eigenvalue weighted by atomic mass is 19.1. The van der Waals surface area contributed by atoms with Crippen molar-refractivity contribution in [2.24, 2.45) is 5.73 Å². The summed E-state index contributed by atoms with van der Waals surface area (Å²) in [4.78, 5) is 15.3. The van der Waals surface area contributed by atoms with Crippen LogP contribution >= 0.6 is 0 Å². The molecule has 29 heavy (non-hydrogen) atoms. The number of halogens is 1. The molecule has 6 heteroatoms. The third kappa shape index (κ3) is 4.34. The molecule has 3 atom stereocenters. The minimum atomic E-state index is -0.431. The number of hydrogen-bond acceptors (Lipinski definition) is 4. The third-order valence-electron chi connectivity index (χ3n) is 5.88. The fourth-order valence-electron chi connectivity index (χ4n) is 4.39. The van der Waals surface area contributed by atoms with Gasteiger partial charge in [0.1, 0.15) is 11.9 Å². The van der Waals surface area contributed by atoms with Gasteiger partial charge in [-0.3, -0.25) is 4.79 Å². The Kier molecular flexibility index (Phi) is 6.23. The van der Waals surface area contributed by atoms with Gasteiger partial charge in [-0.1, -0.05) is 36.4 Å². The van der Waals surface area contributed by atoms with Gasteiger partial charge in [-0.2, -0.15) is 0 Å². The maximum Gasteiger partial charge on any atom is 0.252 e. The van der Waals surface area contributed by atoms with Crippen LogP contribution in [0.1, 0.15) is 35.6 Å². The normalized spacial score (nSPS) is 24.2. The summed E-state index contributed by atoms with van der Waals surface area (Å²) in [5.41, 5.74) is 8.82. The summed E-state index contributed by atoms with van der Waals surface area (Å²) in [5, 5.41) is 3.35. The van der Waals surface area contributed by atoms with Crippen molar-refractivity contribution in [2.45, 2.75) is 37.5 Å². The maximum atomic E-state index is 13.5. The molecule has 0 saturated carbocycles. The summed E-state index contributed by atoms with van der Waals surface area (Å²) in [5.74, 6) is -0.256. The van der Waals surface area contributed by atoms with Crippen molar-refractivity contribution < 1.29 is 13.9 Å². The molecule has 5 nitrogen and oxygen atoms in total. The highest BCUT2D eigenvalue weighted by Gasteiger charge is 2.37. The SMILES string of the molecule is NCCNC1CC[C@H](C(=O)N2CCc3ccccc3[C@@H]2c2ccc(F)cc2)OC1. The minimum Gasteiger partial charge on any atom is -0.367 e. The lowest BCUT2D eigenvalue weighted by atomic mass is 9.87. The van der Waals surface area contributed by atoms with Gasteiger partial charge in [0.15, 0.2) is 0 Å². The molecule has 0 aromatic heterocycles. The Bertz CT molecular complexity index is 834. The molecule has 2 aliphatic heterocycles. The van der Waals surface area contributed by atoms with Crippen LogP contribution in [0.2, 0.25) is 0 Å². The Hall–Kier alpha value is -2.28. The van der Waals surface area contributed by atoms with E-state index < -0.39 is 6.10 Å². The number of carbonyl (C=O) groups excluding carboxylic acids is 1. The molecule has 4 rings (SSSR count). The number of fused-ring (bicyclic) bond motifs is 1. The van der Waals surface area contributed by atoms with Crippen LogP contribution in [0.5, 0.6) is 0 Å². The predicted molar refractivity (Wildman–Crippen MR) is 110 cm³/mol. The summed E-state index contributed by atoms with van der Waals surface area (Å²) in [6.45, 7) is 2.49. The van der Waals surface area contributed by atoms with E-state index in [4.69, 9.17) is 10.5 Å². The Balaban J connectivity index is 1.55. The van der Waals surface area contributed by atoms with E-state index in [0.29, 0.717) is 26.1 Å². The first-order chi connectivity index (χ1) is 14.2.